The van der Waals surface area contributed by atoms with Crippen molar-refractivity contribution in [1.82, 2.24) is 4.90 Å². The van der Waals surface area contributed by atoms with Gasteiger partial charge in [-0.1, -0.05) is 31.9 Å². The molecule has 1 saturated heterocycles. The number of rotatable bonds is 7. The van der Waals surface area contributed by atoms with Crippen LogP contribution in [0.1, 0.15) is 6.42 Å². The monoisotopic (exact) mass is 572 g/mol. The topological polar surface area (TPSA) is 111 Å². The summed E-state index contributed by atoms with van der Waals surface area (Å²) in [6.07, 6.45) is 0.811. The first-order valence-electron chi connectivity index (χ1n) is 10.1. The summed E-state index contributed by atoms with van der Waals surface area (Å²) in [6, 6.07) is 4.85. The summed E-state index contributed by atoms with van der Waals surface area (Å²) in [5, 5.41) is 2.59. The van der Waals surface area contributed by atoms with Crippen LogP contribution in [0, 0.1) is 23.7 Å². The van der Waals surface area contributed by atoms with E-state index in [4.69, 9.17) is 14.2 Å². The minimum atomic E-state index is -0.818. The number of halogens is 2. The molecule has 0 unspecified atom stereocenters. The number of alkyl halides is 2. The molecular formula is C21H22Br2N2O7. The maximum Gasteiger partial charge on any atom is 0.326 e. The van der Waals surface area contributed by atoms with Crippen molar-refractivity contribution in [3.63, 3.8) is 0 Å². The number of hydrogen-bond donors (Lipinski definition) is 1. The Hall–Kier alpha value is -2.14. The number of fused-ring (bicyclic) bond motifs is 5. The molecule has 1 aliphatic heterocycles. The van der Waals surface area contributed by atoms with Gasteiger partial charge in [-0.3, -0.25) is 24.1 Å². The van der Waals surface area contributed by atoms with Gasteiger partial charge < -0.3 is 19.5 Å². The normalized spacial score (nSPS) is 30.3. The summed E-state index contributed by atoms with van der Waals surface area (Å²) >= 11 is 7.24. The highest BCUT2D eigenvalue weighted by Crippen LogP contribution is 2.60. The van der Waals surface area contributed by atoms with Gasteiger partial charge in [0.15, 0.2) is 6.61 Å². The first-order chi connectivity index (χ1) is 15.3. The number of nitrogens with one attached hydrogen (secondary N) is 1. The number of carbonyl (C=O) groups is 4. The average Bonchev–Trinajstić information content (AvgIpc) is 3.39. The second kappa shape index (κ2) is 9.01. The summed E-state index contributed by atoms with van der Waals surface area (Å²) in [5.41, 5.74) is 0.385. The molecule has 0 spiro atoms. The van der Waals surface area contributed by atoms with E-state index >= 15 is 0 Å². The smallest absolute Gasteiger partial charge is 0.326 e. The zero-order chi connectivity index (χ0) is 23.2. The van der Waals surface area contributed by atoms with E-state index in [0.29, 0.717) is 17.2 Å². The molecule has 3 fully saturated rings. The van der Waals surface area contributed by atoms with Crippen LogP contribution in [0.3, 0.4) is 0 Å². The highest BCUT2D eigenvalue weighted by Gasteiger charge is 2.66. The maximum atomic E-state index is 12.8. The van der Waals surface area contributed by atoms with Crippen LogP contribution in [0.15, 0.2) is 18.2 Å². The molecule has 6 atom stereocenters. The zero-order valence-corrected chi connectivity index (χ0v) is 20.6. The van der Waals surface area contributed by atoms with Crippen LogP contribution in [0.4, 0.5) is 5.69 Å². The maximum absolute atomic E-state index is 12.8. The molecule has 32 heavy (non-hydrogen) atoms. The summed E-state index contributed by atoms with van der Waals surface area (Å²) in [4.78, 5) is 51.4. The number of ether oxygens (including phenoxy) is 3. The molecule has 4 rings (SSSR count). The Kier molecular flexibility index (Phi) is 6.49. The summed E-state index contributed by atoms with van der Waals surface area (Å²) in [5.74, 6) is -1.79. The van der Waals surface area contributed by atoms with E-state index in [9.17, 15) is 19.2 Å². The highest BCUT2D eigenvalue weighted by molar-refractivity contribution is 9.12. The van der Waals surface area contributed by atoms with Crippen LogP contribution in [-0.2, 0) is 23.9 Å². The molecule has 1 heterocycles. The molecule has 1 aromatic rings. The minimum absolute atomic E-state index is 0.0668. The van der Waals surface area contributed by atoms with Crippen LogP contribution < -0.4 is 14.8 Å². The standard InChI is InChI=1S/C21H22Br2N2O7/c1-30-9-3-4-12(13(5-9)31-2)24-14(26)8-32-15(27)7-25-20(28)16-10-6-11(17(16)21(25)29)19(23)18(10)22/h3-5,10-11,16-19H,6-8H2,1-2H3,(H,24,26)/t10-,11-,16-,17-,18+,19+/m1/s1. The van der Waals surface area contributed by atoms with E-state index in [1.54, 1.807) is 18.2 Å². The van der Waals surface area contributed by atoms with Crippen molar-refractivity contribution in [2.24, 2.45) is 23.7 Å². The van der Waals surface area contributed by atoms with Crippen molar-refractivity contribution in [2.75, 3.05) is 32.7 Å². The Bertz CT molecular complexity index is 939. The molecule has 3 aliphatic rings. The van der Waals surface area contributed by atoms with Crippen molar-refractivity contribution in [1.29, 1.82) is 0 Å². The first-order valence-corrected chi connectivity index (χ1v) is 11.9. The molecule has 172 valence electrons. The number of methoxy groups -OCH3 is 2. The number of benzene rings is 1. The molecule has 2 aliphatic carbocycles. The average molecular weight is 574 g/mol. The van der Waals surface area contributed by atoms with E-state index in [2.05, 4.69) is 37.2 Å². The van der Waals surface area contributed by atoms with E-state index in [0.717, 1.165) is 11.3 Å². The number of nitrogens with zero attached hydrogens (tertiary/aromatic N) is 1. The predicted molar refractivity (Wildman–Crippen MR) is 120 cm³/mol. The second-order valence-electron chi connectivity index (χ2n) is 8.04. The second-order valence-corrected chi connectivity index (χ2v) is 10.2. The Morgan fingerprint density at radius 2 is 1.69 bits per heavy atom. The number of carbonyl (C=O) groups excluding carboxylic acids is 4. The lowest BCUT2D eigenvalue weighted by Gasteiger charge is -2.28. The van der Waals surface area contributed by atoms with Gasteiger partial charge in [-0.2, -0.15) is 0 Å². The van der Waals surface area contributed by atoms with Crippen LogP contribution in [0.2, 0.25) is 0 Å². The third-order valence-electron chi connectivity index (χ3n) is 6.41. The van der Waals surface area contributed by atoms with E-state index in [-0.39, 0.29) is 33.3 Å². The molecular weight excluding hydrogens is 552 g/mol. The molecule has 11 heteroatoms. The fourth-order valence-corrected chi connectivity index (χ4v) is 6.85. The Morgan fingerprint density at radius 1 is 1.06 bits per heavy atom. The van der Waals surface area contributed by atoms with Gasteiger partial charge in [-0.05, 0) is 30.4 Å². The molecule has 2 bridgehead atoms. The van der Waals surface area contributed by atoms with E-state index in [1.165, 1.54) is 14.2 Å². The number of hydrogen-bond acceptors (Lipinski definition) is 7. The summed E-state index contributed by atoms with van der Waals surface area (Å²) in [7, 11) is 2.96. The van der Waals surface area contributed by atoms with Crippen LogP contribution in [0.25, 0.3) is 0 Å². The number of anilines is 1. The molecule has 3 amide bonds. The highest BCUT2D eigenvalue weighted by atomic mass is 79.9. The summed E-state index contributed by atoms with van der Waals surface area (Å²) in [6.45, 7) is -1.06. The SMILES string of the molecule is COc1ccc(NC(=O)COC(=O)CN2C(=O)[C@@H]3[C@H]4C[C@@H]([C@H](Br)[C@H]4Br)[C@H]3C2=O)c(OC)c1. The van der Waals surface area contributed by atoms with E-state index < -0.39 is 36.9 Å². The molecule has 1 aromatic carbocycles. The Balaban J connectivity index is 1.32. The quantitative estimate of drug-likeness (QED) is 0.301. The van der Waals surface area contributed by atoms with Gasteiger partial charge in [0.25, 0.3) is 5.91 Å². The summed E-state index contributed by atoms with van der Waals surface area (Å²) < 4.78 is 15.3. The lowest BCUT2D eigenvalue weighted by Crippen LogP contribution is -2.38. The molecule has 1 N–H and O–H groups in total. The van der Waals surface area contributed by atoms with Gasteiger partial charge in [0.05, 0.1) is 31.7 Å². The van der Waals surface area contributed by atoms with Crippen molar-refractivity contribution >= 4 is 61.2 Å². The van der Waals surface area contributed by atoms with Crippen molar-refractivity contribution < 1.29 is 33.4 Å². The minimum Gasteiger partial charge on any atom is -0.497 e. The largest absolute Gasteiger partial charge is 0.497 e. The van der Waals surface area contributed by atoms with Gasteiger partial charge in [0, 0.05) is 15.7 Å². The van der Waals surface area contributed by atoms with Gasteiger partial charge in [0.1, 0.15) is 18.0 Å². The van der Waals surface area contributed by atoms with Crippen LogP contribution in [-0.4, -0.2) is 65.6 Å². The van der Waals surface area contributed by atoms with Gasteiger partial charge >= 0.3 is 5.97 Å². The number of imide groups is 1. The van der Waals surface area contributed by atoms with Crippen LogP contribution >= 0.6 is 31.9 Å². The van der Waals surface area contributed by atoms with Gasteiger partial charge in [-0.15, -0.1) is 0 Å². The molecule has 0 aromatic heterocycles. The van der Waals surface area contributed by atoms with Gasteiger partial charge in [0.2, 0.25) is 11.8 Å². The lowest BCUT2D eigenvalue weighted by molar-refractivity contribution is -0.154. The fraction of sp³-hybridized carbons (Fsp3) is 0.524. The first kappa shape index (κ1) is 23.0. The molecule has 0 radical (unpaired) electrons. The van der Waals surface area contributed by atoms with Gasteiger partial charge in [-0.25, -0.2) is 0 Å². The number of esters is 1. The third kappa shape index (κ3) is 3.89. The predicted octanol–water partition coefficient (Wildman–Crippen LogP) is 1.96. The van der Waals surface area contributed by atoms with Crippen molar-refractivity contribution in [3.8, 4) is 11.5 Å². The lowest BCUT2D eigenvalue weighted by atomic mass is 9.81. The van der Waals surface area contributed by atoms with E-state index in [1.807, 2.05) is 0 Å². The zero-order valence-electron chi connectivity index (χ0n) is 17.4. The van der Waals surface area contributed by atoms with Crippen LogP contribution in [0.5, 0.6) is 11.5 Å². The Morgan fingerprint density at radius 3 is 2.25 bits per heavy atom. The third-order valence-corrected chi connectivity index (χ3v) is 9.62. The van der Waals surface area contributed by atoms with Crippen molar-refractivity contribution in [2.45, 2.75) is 16.1 Å². The molecule has 2 saturated carbocycles. The fourth-order valence-electron chi connectivity index (χ4n) is 4.98. The number of amides is 3. The Labute approximate surface area is 201 Å². The number of likely N-dealkylation sites (tertiary alicyclic amines) is 1. The van der Waals surface area contributed by atoms with Crippen molar-refractivity contribution in [3.05, 3.63) is 18.2 Å². The molecule has 9 nitrogen and oxygen atoms in total.